The maximum atomic E-state index is 12.9. The molecule has 0 aromatic rings. The Kier molecular flexibility index (Phi) is 67.2. The Morgan fingerprint density at radius 3 is 0.744 bits per heavy atom. The zero-order valence-electron chi connectivity index (χ0n) is 54.5. The Morgan fingerprint density at radius 2 is 0.451 bits per heavy atom. The fourth-order valence-corrected chi connectivity index (χ4v) is 10.2. The third-order valence-electron chi connectivity index (χ3n) is 15.6. The van der Waals surface area contributed by atoms with Gasteiger partial charge in [0.25, 0.3) is 0 Å². The molecule has 0 aliphatic rings. The smallest absolute Gasteiger partial charge is 0.306 e. The molecular weight excluding hydrogens is 1010 g/mol. The molecule has 0 saturated carbocycles. The zero-order valence-corrected chi connectivity index (χ0v) is 54.5. The molecule has 0 saturated heterocycles. The molecule has 0 rings (SSSR count). The quantitative estimate of drug-likeness (QED) is 0.0261. The summed E-state index contributed by atoms with van der Waals surface area (Å²) < 4.78 is 17.0. The Hall–Kier alpha value is -3.41. The normalized spacial score (nSPS) is 12.6. The van der Waals surface area contributed by atoms with Crippen LogP contribution >= 0.6 is 0 Å². The first kappa shape index (κ1) is 78.6. The van der Waals surface area contributed by atoms with Crippen LogP contribution in [0.4, 0.5) is 0 Å². The first-order valence-electron chi connectivity index (χ1n) is 35.6. The second-order valence-electron chi connectivity index (χ2n) is 23.8. The van der Waals surface area contributed by atoms with Crippen LogP contribution in [0.5, 0.6) is 0 Å². The second kappa shape index (κ2) is 70.1. The van der Waals surface area contributed by atoms with Crippen LogP contribution in [0.25, 0.3) is 0 Å². The average Bonchev–Trinajstić information content (AvgIpc) is 3.47. The van der Waals surface area contributed by atoms with Gasteiger partial charge in [0.05, 0.1) is 0 Å². The topological polar surface area (TPSA) is 78.9 Å². The molecule has 0 spiro atoms. The molecule has 474 valence electrons. The van der Waals surface area contributed by atoms with E-state index in [4.69, 9.17) is 14.2 Å². The van der Waals surface area contributed by atoms with Crippen LogP contribution in [0.3, 0.4) is 0 Å². The Labute approximate surface area is 509 Å². The molecule has 0 aromatic carbocycles. The second-order valence-corrected chi connectivity index (χ2v) is 23.8. The molecule has 0 aliphatic carbocycles. The predicted octanol–water partition coefficient (Wildman–Crippen LogP) is 24.6. The van der Waals surface area contributed by atoms with Crippen molar-refractivity contribution in [3.8, 4) is 0 Å². The number of ether oxygens (including phenoxy) is 3. The van der Waals surface area contributed by atoms with Gasteiger partial charge in [-0.15, -0.1) is 0 Å². The highest BCUT2D eigenvalue weighted by molar-refractivity contribution is 5.71. The zero-order chi connectivity index (χ0) is 59.2. The van der Waals surface area contributed by atoms with Gasteiger partial charge in [-0.3, -0.25) is 14.4 Å². The van der Waals surface area contributed by atoms with Crippen molar-refractivity contribution < 1.29 is 28.6 Å². The van der Waals surface area contributed by atoms with Crippen molar-refractivity contribution in [2.75, 3.05) is 13.2 Å². The van der Waals surface area contributed by atoms with Crippen LogP contribution in [0.2, 0.25) is 0 Å². The maximum absolute atomic E-state index is 12.9. The average molecular weight is 1140 g/mol. The standard InChI is InChI=1S/C76H134O6/c1-4-7-10-13-16-19-22-25-28-30-32-33-34-35-36-37-38-39-40-41-42-43-45-46-48-51-54-57-60-63-66-69-75(78)81-72-73(71-80-74(77)68-65-62-59-56-53-50-27-24-21-18-15-12-9-6-3)82-76(79)70-67-64-61-58-55-52-49-47-44-31-29-26-23-20-17-14-11-8-5-2/h15,17-18,20,22,24-27,29-30,32,34-35,73H,4-14,16,19,21,23,28,31,33,36-72H2,1-3H3/b18-15-,20-17-,25-22-,27-24-,29-26-,32-30-,35-34-. The molecule has 0 bridgehead atoms. The van der Waals surface area contributed by atoms with E-state index < -0.39 is 6.10 Å². The van der Waals surface area contributed by atoms with Gasteiger partial charge < -0.3 is 14.2 Å². The molecule has 0 radical (unpaired) electrons. The summed E-state index contributed by atoms with van der Waals surface area (Å²) in [6.07, 6.45) is 93.2. The minimum atomic E-state index is -0.786. The number of unbranched alkanes of at least 4 members (excludes halogenated alkanes) is 40. The Balaban J connectivity index is 4.23. The number of rotatable bonds is 65. The predicted molar refractivity (Wildman–Crippen MR) is 358 cm³/mol. The van der Waals surface area contributed by atoms with Gasteiger partial charge in [0, 0.05) is 19.3 Å². The van der Waals surface area contributed by atoms with Crippen molar-refractivity contribution in [1.29, 1.82) is 0 Å². The molecule has 0 fully saturated rings. The number of esters is 3. The van der Waals surface area contributed by atoms with Crippen LogP contribution < -0.4 is 0 Å². The Bertz CT molecular complexity index is 1550. The summed E-state index contributed by atoms with van der Waals surface area (Å²) in [6, 6.07) is 0. The van der Waals surface area contributed by atoms with E-state index >= 15 is 0 Å². The van der Waals surface area contributed by atoms with Crippen LogP contribution in [-0.2, 0) is 28.6 Å². The lowest BCUT2D eigenvalue weighted by molar-refractivity contribution is -0.167. The highest BCUT2D eigenvalue weighted by Gasteiger charge is 2.19. The molecule has 0 aromatic heterocycles. The van der Waals surface area contributed by atoms with Crippen molar-refractivity contribution in [3.63, 3.8) is 0 Å². The highest BCUT2D eigenvalue weighted by Crippen LogP contribution is 2.17. The molecule has 82 heavy (non-hydrogen) atoms. The summed E-state index contributed by atoms with van der Waals surface area (Å²) in [4.78, 5) is 38.4. The first-order valence-corrected chi connectivity index (χ1v) is 35.6. The van der Waals surface area contributed by atoms with Crippen LogP contribution in [0.1, 0.15) is 361 Å². The minimum Gasteiger partial charge on any atom is -0.462 e. The maximum Gasteiger partial charge on any atom is 0.306 e. The van der Waals surface area contributed by atoms with Crippen LogP contribution in [-0.4, -0.2) is 37.2 Å². The van der Waals surface area contributed by atoms with E-state index in [0.717, 1.165) is 96.3 Å². The molecule has 0 heterocycles. The molecule has 0 N–H and O–H groups in total. The van der Waals surface area contributed by atoms with E-state index in [2.05, 4.69) is 106 Å². The number of allylic oxidation sites excluding steroid dienone is 14. The monoisotopic (exact) mass is 1140 g/mol. The van der Waals surface area contributed by atoms with Crippen molar-refractivity contribution in [1.82, 2.24) is 0 Å². The molecule has 0 amide bonds. The lowest BCUT2D eigenvalue weighted by atomic mass is 10.0. The van der Waals surface area contributed by atoms with Crippen molar-refractivity contribution >= 4 is 17.9 Å². The summed E-state index contributed by atoms with van der Waals surface area (Å²) in [6.45, 7) is 6.59. The van der Waals surface area contributed by atoms with Gasteiger partial charge in [-0.25, -0.2) is 0 Å². The Morgan fingerprint density at radius 1 is 0.244 bits per heavy atom. The summed E-state index contributed by atoms with van der Waals surface area (Å²) in [5, 5.41) is 0. The van der Waals surface area contributed by atoms with E-state index in [1.807, 2.05) is 0 Å². The van der Waals surface area contributed by atoms with Gasteiger partial charge in [0.15, 0.2) is 6.10 Å². The fraction of sp³-hybridized carbons (Fsp3) is 0.776. The van der Waals surface area contributed by atoms with Crippen LogP contribution in [0.15, 0.2) is 85.1 Å². The van der Waals surface area contributed by atoms with E-state index in [1.165, 1.54) is 225 Å². The van der Waals surface area contributed by atoms with Gasteiger partial charge in [0.2, 0.25) is 0 Å². The molecule has 1 unspecified atom stereocenters. The minimum absolute atomic E-state index is 0.0803. The highest BCUT2D eigenvalue weighted by atomic mass is 16.6. The third kappa shape index (κ3) is 67.4. The lowest BCUT2D eigenvalue weighted by Gasteiger charge is -2.18. The van der Waals surface area contributed by atoms with Gasteiger partial charge in [-0.2, -0.15) is 0 Å². The summed E-state index contributed by atoms with van der Waals surface area (Å²) in [7, 11) is 0. The van der Waals surface area contributed by atoms with E-state index in [1.54, 1.807) is 0 Å². The first-order chi connectivity index (χ1) is 40.5. The van der Waals surface area contributed by atoms with Crippen LogP contribution in [0, 0.1) is 0 Å². The number of hydrogen-bond acceptors (Lipinski definition) is 6. The van der Waals surface area contributed by atoms with E-state index in [9.17, 15) is 14.4 Å². The fourth-order valence-electron chi connectivity index (χ4n) is 10.2. The molecular formula is C76H134O6. The molecule has 1 atom stereocenters. The van der Waals surface area contributed by atoms with Crippen molar-refractivity contribution in [2.45, 2.75) is 367 Å². The molecule has 6 heteroatoms. The van der Waals surface area contributed by atoms with Crippen molar-refractivity contribution in [2.24, 2.45) is 0 Å². The molecule has 6 nitrogen and oxygen atoms in total. The largest absolute Gasteiger partial charge is 0.462 e. The van der Waals surface area contributed by atoms with E-state index in [0.29, 0.717) is 19.3 Å². The number of carbonyl (C=O) groups is 3. The summed E-state index contributed by atoms with van der Waals surface area (Å²) in [5.41, 5.74) is 0. The lowest BCUT2D eigenvalue weighted by Crippen LogP contribution is -2.30. The number of carbonyl (C=O) groups excluding carboxylic acids is 3. The van der Waals surface area contributed by atoms with Gasteiger partial charge in [-0.05, 0) is 116 Å². The van der Waals surface area contributed by atoms with Gasteiger partial charge >= 0.3 is 17.9 Å². The SMILES string of the molecule is CCCC/C=C\C/C=C\CCCCCCCC(=O)OCC(COC(=O)CCCCCCCCCCCCCCCCCC/C=C\C/C=C\C/C=C\CCCCCCC)OC(=O)CCCCCCCCCCC/C=C\C/C=C\CCCCC. The van der Waals surface area contributed by atoms with E-state index in [-0.39, 0.29) is 31.1 Å². The third-order valence-corrected chi connectivity index (χ3v) is 15.6. The summed E-state index contributed by atoms with van der Waals surface area (Å²) >= 11 is 0. The summed E-state index contributed by atoms with van der Waals surface area (Å²) in [5.74, 6) is -0.882. The van der Waals surface area contributed by atoms with Crippen molar-refractivity contribution in [3.05, 3.63) is 85.1 Å². The van der Waals surface area contributed by atoms with Gasteiger partial charge in [-0.1, -0.05) is 311 Å². The van der Waals surface area contributed by atoms with Gasteiger partial charge in [0.1, 0.15) is 13.2 Å². The molecule has 0 aliphatic heterocycles. The number of hydrogen-bond donors (Lipinski definition) is 0.